The van der Waals surface area contributed by atoms with Crippen LogP contribution < -0.4 is 0 Å². The molecule has 0 spiro atoms. The van der Waals surface area contributed by atoms with Gasteiger partial charge in [0.05, 0.1) is 0 Å². The Kier molecular flexibility index (Phi) is 12.7. The van der Waals surface area contributed by atoms with Gasteiger partial charge in [-0.15, -0.1) is 0 Å². The van der Waals surface area contributed by atoms with Crippen molar-refractivity contribution in [2.45, 2.75) is 41.5 Å². The molecule has 0 bridgehead atoms. The van der Waals surface area contributed by atoms with E-state index in [1.807, 2.05) is 41.5 Å². The summed E-state index contributed by atoms with van der Waals surface area (Å²) in [4.78, 5) is 0. The van der Waals surface area contributed by atoms with E-state index in [0.717, 1.165) is 0 Å². The Labute approximate surface area is 101 Å². The van der Waals surface area contributed by atoms with Crippen molar-refractivity contribution >= 4 is 10.9 Å². The normalized spacial score (nSPS) is 7.69. The molecule has 1 heterocycles. The predicted octanol–water partition coefficient (Wildman–Crippen LogP) is 5.26. The fourth-order valence-electron chi connectivity index (χ4n) is 1.22. The Balaban J connectivity index is 0. The lowest BCUT2D eigenvalue weighted by molar-refractivity contribution is 0.969. The summed E-state index contributed by atoms with van der Waals surface area (Å²) >= 11 is 0. The average Bonchev–Trinajstić information content (AvgIpc) is 2.79. The van der Waals surface area contributed by atoms with E-state index in [9.17, 15) is 0 Å². The van der Waals surface area contributed by atoms with Gasteiger partial charge in [-0.3, -0.25) is 0 Å². The first kappa shape index (κ1) is 17.2. The van der Waals surface area contributed by atoms with Crippen molar-refractivity contribution in [3.05, 3.63) is 36.5 Å². The maximum Gasteiger partial charge on any atom is 0.0477 e. The lowest BCUT2D eigenvalue weighted by Gasteiger charge is -1.92. The van der Waals surface area contributed by atoms with Gasteiger partial charge in [0, 0.05) is 18.8 Å². The van der Waals surface area contributed by atoms with Gasteiger partial charge in [0.1, 0.15) is 0 Å². The molecule has 0 unspecified atom stereocenters. The third-order valence-corrected chi connectivity index (χ3v) is 1.79. The van der Waals surface area contributed by atoms with E-state index in [0.29, 0.717) is 0 Å². The van der Waals surface area contributed by atoms with Crippen LogP contribution >= 0.6 is 0 Å². The molecule has 0 saturated carbocycles. The molecule has 0 radical (unpaired) electrons. The molecule has 0 fully saturated rings. The van der Waals surface area contributed by atoms with Crippen LogP contribution in [0.4, 0.5) is 0 Å². The number of aromatic nitrogens is 1. The summed E-state index contributed by atoms with van der Waals surface area (Å²) in [6.07, 6.45) is 2.07. The van der Waals surface area contributed by atoms with E-state index in [-0.39, 0.29) is 0 Å². The highest BCUT2D eigenvalue weighted by Gasteiger charge is 1.92. The smallest absolute Gasteiger partial charge is 0.0477 e. The maximum atomic E-state index is 2.12. The van der Waals surface area contributed by atoms with Crippen molar-refractivity contribution in [1.29, 1.82) is 0 Å². The first-order chi connectivity index (χ1) is 7.88. The van der Waals surface area contributed by atoms with Gasteiger partial charge in [-0.25, -0.2) is 0 Å². The quantitative estimate of drug-likeness (QED) is 0.572. The first-order valence-corrected chi connectivity index (χ1v) is 6.38. The number of aryl methyl sites for hydroxylation is 1. The lowest BCUT2D eigenvalue weighted by Crippen LogP contribution is -1.81. The molecule has 0 aliphatic carbocycles. The third-order valence-electron chi connectivity index (χ3n) is 1.79. The van der Waals surface area contributed by atoms with Gasteiger partial charge < -0.3 is 4.57 Å². The Hall–Kier alpha value is -1.24. The Bertz CT molecular complexity index is 347. The summed E-state index contributed by atoms with van der Waals surface area (Å²) in [5, 5.41) is 1.31. The summed E-state index contributed by atoms with van der Waals surface area (Å²) in [6.45, 7) is 12.0. The minimum atomic E-state index is 1.29. The number of rotatable bonds is 0. The molecule has 0 saturated heterocycles. The molecule has 0 aliphatic rings. The van der Waals surface area contributed by atoms with Gasteiger partial charge in [0.25, 0.3) is 0 Å². The number of hydrogen-bond donors (Lipinski definition) is 0. The van der Waals surface area contributed by atoms with E-state index in [1.165, 1.54) is 10.9 Å². The fraction of sp³-hybridized carbons (Fsp3) is 0.467. The number of nitrogens with zero attached hydrogens (tertiary/aromatic N) is 1. The summed E-state index contributed by atoms with van der Waals surface area (Å²) in [5.74, 6) is 0. The monoisotopic (exact) mass is 221 g/mol. The van der Waals surface area contributed by atoms with Gasteiger partial charge >= 0.3 is 0 Å². The van der Waals surface area contributed by atoms with Crippen LogP contribution in [-0.4, -0.2) is 4.57 Å². The van der Waals surface area contributed by atoms with Gasteiger partial charge in [-0.2, -0.15) is 0 Å². The van der Waals surface area contributed by atoms with E-state index >= 15 is 0 Å². The number of hydrogen-bond acceptors (Lipinski definition) is 0. The number of benzene rings is 1. The Morgan fingerprint density at radius 1 is 0.750 bits per heavy atom. The zero-order valence-corrected chi connectivity index (χ0v) is 11.9. The van der Waals surface area contributed by atoms with Crippen LogP contribution in [0.3, 0.4) is 0 Å². The molecule has 2 aromatic rings. The van der Waals surface area contributed by atoms with Crippen LogP contribution in [0.1, 0.15) is 41.5 Å². The van der Waals surface area contributed by atoms with Crippen LogP contribution in [0.15, 0.2) is 36.5 Å². The number of fused-ring (bicyclic) bond motifs is 1. The maximum absolute atomic E-state index is 2.12. The first-order valence-electron chi connectivity index (χ1n) is 6.38. The second-order valence-electron chi connectivity index (χ2n) is 2.49. The second kappa shape index (κ2) is 11.8. The molecule has 92 valence electrons. The Morgan fingerprint density at radius 3 is 1.75 bits per heavy atom. The highest BCUT2D eigenvalue weighted by Crippen LogP contribution is 2.12. The third kappa shape index (κ3) is 5.01. The zero-order valence-electron chi connectivity index (χ0n) is 11.9. The predicted molar refractivity (Wildman–Crippen MR) is 77.0 cm³/mol. The largest absolute Gasteiger partial charge is 0.351 e. The van der Waals surface area contributed by atoms with Gasteiger partial charge in [-0.1, -0.05) is 59.7 Å². The van der Waals surface area contributed by atoms with Crippen LogP contribution in [0.25, 0.3) is 10.9 Å². The summed E-state index contributed by atoms with van der Waals surface area (Å²) in [5.41, 5.74) is 1.29. The molecule has 0 aliphatic heterocycles. The summed E-state index contributed by atoms with van der Waals surface area (Å²) < 4.78 is 2.12. The van der Waals surface area contributed by atoms with Gasteiger partial charge in [0.15, 0.2) is 0 Å². The van der Waals surface area contributed by atoms with E-state index < -0.39 is 0 Å². The van der Waals surface area contributed by atoms with Crippen molar-refractivity contribution in [2.75, 3.05) is 0 Å². The van der Waals surface area contributed by atoms with Crippen molar-refractivity contribution in [3.63, 3.8) is 0 Å². The fourth-order valence-corrected chi connectivity index (χ4v) is 1.22. The highest BCUT2D eigenvalue weighted by atomic mass is 14.9. The van der Waals surface area contributed by atoms with Crippen LogP contribution in [-0.2, 0) is 7.05 Å². The minimum Gasteiger partial charge on any atom is -0.351 e. The molecular weight excluding hydrogens is 194 g/mol. The van der Waals surface area contributed by atoms with Gasteiger partial charge in [-0.05, 0) is 17.5 Å². The zero-order chi connectivity index (χ0) is 13.0. The molecule has 2 rings (SSSR count). The number of para-hydroxylation sites is 1. The summed E-state index contributed by atoms with van der Waals surface area (Å²) in [7, 11) is 2.06. The molecule has 16 heavy (non-hydrogen) atoms. The van der Waals surface area contributed by atoms with Crippen molar-refractivity contribution in [1.82, 2.24) is 4.57 Å². The standard InChI is InChI=1S/C9H9N.3C2H6/c1-10-7-6-8-4-2-3-5-9(8)10;3*1-2/h2-7H,1H3;3*1-2H3. The average molecular weight is 221 g/mol. The van der Waals surface area contributed by atoms with Crippen molar-refractivity contribution in [3.8, 4) is 0 Å². The topological polar surface area (TPSA) is 4.93 Å². The Morgan fingerprint density at radius 2 is 1.25 bits per heavy atom. The summed E-state index contributed by atoms with van der Waals surface area (Å²) in [6, 6.07) is 10.5. The molecule has 1 aromatic heterocycles. The molecular formula is C15H27N. The molecule has 1 aromatic carbocycles. The molecule has 1 heteroatoms. The second-order valence-corrected chi connectivity index (χ2v) is 2.49. The van der Waals surface area contributed by atoms with Crippen LogP contribution in [0.5, 0.6) is 0 Å². The van der Waals surface area contributed by atoms with Crippen LogP contribution in [0, 0.1) is 0 Å². The van der Waals surface area contributed by atoms with E-state index in [1.54, 1.807) is 0 Å². The van der Waals surface area contributed by atoms with E-state index in [4.69, 9.17) is 0 Å². The molecule has 0 atom stereocenters. The molecule has 0 N–H and O–H groups in total. The lowest BCUT2D eigenvalue weighted by atomic mass is 10.2. The highest BCUT2D eigenvalue weighted by molar-refractivity contribution is 5.79. The van der Waals surface area contributed by atoms with Crippen LogP contribution in [0.2, 0.25) is 0 Å². The van der Waals surface area contributed by atoms with Gasteiger partial charge in [0.2, 0.25) is 0 Å². The molecule has 0 amide bonds. The molecule has 1 nitrogen and oxygen atoms in total. The SMILES string of the molecule is CC.CC.CC.Cn1ccc2ccccc21. The van der Waals surface area contributed by atoms with E-state index in [2.05, 4.69) is 48.1 Å². The minimum absolute atomic E-state index is 1.29. The van der Waals surface area contributed by atoms with Crippen molar-refractivity contribution < 1.29 is 0 Å². The van der Waals surface area contributed by atoms with Crippen molar-refractivity contribution in [2.24, 2.45) is 7.05 Å².